The fourth-order valence-electron chi connectivity index (χ4n) is 1.79. The van der Waals surface area contributed by atoms with Crippen LogP contribution < -0.4 is 11.1 Å². The van der Waals surface area contributed by atoms with Crippen LogP contribution in [0.5, 0.6) is 0 Å². The monoisotopic (exact) mass is 276 g/mol. The third-order valence-corrected chi connectivity index (χ3v) is 2.71. The highest BCUT2D eigenvalue weighted by molar-refractivity contribution is 5.94. The number of hydrogen-bond donors (Lipinski definition) is 3. The minimum absolute atomic E-state index is 0.0932. The lowest BCUT2D eigenvalue weighted by Crippen LogP contribution is -2.33. The Labute approximate surface area is 118 Å². The molecule has 0 heterocycles. The highest BCUT2D eigenvalue weighted by Gasteiger charge is 2.07. The van der Waals surface area contributed by atoms with E-state index < -0.39 is 12.0 Å². The third kappa shape index (κ3) is 5.67. The molecule has 5 nitrogen and oxygen atoms in total. The van der Waals surface area contributed by atoms with Gasteiger partial charge in [-0.1, -0.05) is 12.1 Å². The molecule has 0 fully saturated rings. The quantitative estimate of drug-likeness (QED) is 0.679. The normalized spacial score (nSPS) is 13.9. The fraction of sp³-hybridized carbons (Fsp3) is 0.333. The van der Waals surface area contributed by atoms with Gasteiger partial charge in [-0.3, -0.25) is 9.59 Å². The van der Waals surface area contributed by atoms with E-state index in [0.717, 1.165) is 5.56 Å². The maximum Gasteiger partial charge on any atom is 0.248 e. The van der Waals surface area contributed by atoms with Crippen molar-refractivity contribution >= 4 is 17.9 Å². The molecule has 0 radical (unpaired) electrons. The number of rotatable bonds is 6. The maximum atomic E-state index is 11.6. The van der Waals surface area contributed by atoms with Crippen molar-refractivity contribution < 1.29 is 14.7 Å². The summed E-state index contributed by atoms with van der Waals surface area (Å²) in [6.07, 6.45) is 3.12. The van der Waals surface area contributed by atoms with Crippen LogP contribution in [-0.4, -0.2) is 29.1 Å². The Bertz CT molecular complexity index is 492. The zero-order valence-corrected chi connectivity index (χ0v) is 11.7. The molecule has 108 valence electrons. The number of carbonyl (C=O) groups excluding carboxylic acids is 2. The number of nitrogens with two attached hydrogens (primary N) is 1. The topological polar surface area (TPSA) is 92.4 Å². The molecule has 1 aromatic carbocycles. The zero-order chi connectivity index (χ0) is 15.1. The fourth-order valence-corrected chi connectivity index (χ4v) is 1.79. The van der Waals surface area contributed by atoms with Crippen molar-refractivity contribution in [2.24, 2.45) is 5.73 Å². The van der Waals surface area contributed by atoms with Crippen LogP contribution in [0.1, 0.15) is 36.2 Å². The maximum absolute atomic E-state index is 11.6. The van der Waals surface area contributed by atoms with Crippen LogP contribution in [0.2, 0.25) is 0 Å². The summed E-state index contributed by atoms with van der Waals surface area (Å²) in [6.45, 7) is 3.51. The lowest BCUT2D eigenvalue weighted by Gasteiger charge is -2.13. The summed E-state index contributed by atoms with van der Waals surface area (Å²) in [5.74, 6) is -0.706. The molecule has 1 aromatic rings. The summed E-state index contributed by atoms with van der Waals surface area (Å²) in [6, 6.07) is 6.54. The Morgan fingerprint density at radius 1 is 1.30 bits per heavy atom. The molecule has 0 aliphatic carbocycles. The van der Waals surface area contributed by atoms with Gasteiger partial charge in [0.25, 0.3) is 0 Å². The standard InChI is InChI=1S/C15H20N2O3/c1-10(9-11(2)18)17-14(19)8-5-12-3-6-13(7-4-12)15(16)20/h3-8,10-11,18H,9H2,1-2H3,(H2,16,20)(H,17,19)/b8-5+. The van der Waals surface area contributed by atoms with Crippen molar-refractivity contribution in [3.63, 3.8) is 0 Å². The average Bonchev–Trinajstić information content (AvgIpc) is 2.35. The van der Waals surface area contributed by atoms with Gasteiger partial charge in [-0.2, -0.15) is 0 Å². The van der Waals surface area contributed by atoms with Gasteiger partial charge >= 0.3 is 0 Å². The lowest BCUT2D eigenvalue weighted by molar-refractivity contribution is -0.117. The van der Waals surface area contributed by atoms with Crippen molar-refractivity contribution in [3.8, 4) is 0 Å². The SMILES string of the molecule is CC(O)CC(C)NC(=O)/C=C/c1ccc(C(N)=O)cc1. The summed E-state index contributed by atoms with van der Waals surface area (Å²) in [7, 11) is 0. The number of nitrogens with one attached hydrogen (secondary N) is 1. The van der Waals surface area contributed by atoms with E-state index in [9.17, 15) is 14.7 Å². The van der Waals surface area contributed by atoms with Gasteiger partial charge in [0.2, 0.25) is 11.8 Å². The van der Waals surface area contributed by atoms with E-state index in [2.05, 4.69) is 5.32 Å². The summed E-state index contributed by atoms with van der Waals surface area (Å²) in [4.78, 5) is 22.5. The molecule has 0 saturated heterocycles. The molecular weight excluding hydrogens is 256 g/mol. The van der Waals surface area contributed by atoms with E-state index in [4.69, 9.17) is 5.73 Å². The van der Waals surface area contributed by atoms with Gasteiger partial charge < -0.3 is 16.2 Å². The predicted octanol–water partition coefficient (Wildman–Crippen LogP) is 1.07. The van der Waals surface area contributed by atoms with E-state index in [1.807, 2.05) is 6.92 Å². The number of aliphatic hydroxyl groups is 1. The number of aliphatic hydroxyl groups excluding tert-OH is 1. The molecule has 0 saturated carbocycles. The molecule has 20 heavy (non-hydrogen) atoms. The summed E-state index contributed by atoms with van der Waals surface area (Å²) >= 11 is 0. The number of amides is 2. The van der Waals surface area contributed by atoms with Gasteiger partial charge in [-0.15, -0.1) is 0 Å². The predicted molar refractivity (Wildman–Crippen MR) is 77.9 cm³/mol. The average molecular weight is 276 g/mol. The van der Waals surface area contributed by atoms with E-state index >= 15 is 0 Å². The highest BCUT2D eigenvalue weighted by atomic mass is 16.3. The molecule has 4 N–H and O–H groups in total. The van der Waals surface area contributed by atoms with E-state index in [1.165, 1.54) is 6.08 Å². The van der Waals surface area contributed by atoms with Crippen molar-refractivity contribution in [2.45, 2.75) is 32.4 Å². The first kappa shape index (κ1) is 15.9. The largest absolute Gasteiger partial charge is 0.393 e. The highest BCUT2D eigenvalue weighted by Crippen LogP contribution is 2.05. The van der Waals surface area contributed by atoms with Crippen LogP contribution in [0, 0.1) is 0 Å². The van der Waals surface area contributed by atoms with Gasteiger partial charge in [0.15, 0.2) is 0 Å². The molecule has 2 amide bonds. The van der Waals surface area contributed by atoms with Crippen LogP contribution in [0.25, 0.3) is 6.08 Å². The molecular formula is C15H20N2O3. The van der Waals surface area contributed by atoms with E-state index in [0.29, 0.717) is 12.0 Å². The van der Waals surface area contributed by atoms with Crippen LogP contribution in [0.4, 0.5) is 0 Å². The number of carbonyl (C=O) groups is 2. The Balaban J connectivity index is 2.54. The number of primary amides is 1. The van der Waals surface area contributed by atoms with Crippen LogP contribution in [-0.2, 0) is 4.79 Å². The molecule has 1 rings (SSSR count). The van der Waals surface area contributed by atoms with Crippen LogP contribution in [0.3, 0.4) is 0 Å². The molecule has 0 bridgehead atoms. The van der Waals surface area contributed by atoms with E-state index in [-0.39, 0.29) is 11.9 Å². The second kappa shape index (κ2) is 7.45. The molecule has 0 aromatic heterocycles. The van der Waals surface area contributed by atoms with Crippen LogP contribution >= 0.6 is 0 Å². The Morgan fingerprint density at radius 3 is 2.40 bits per heavy atom. The second-order valence-corrected chi connectivity index (χ2v) is 4.81. The molecule has 2 atom stereocenters. The summed E-state index contributed by atoms with van der Waals surface area (Å²) in [5, 5.41) is 12.0. The van der Waals surface area contributed by atoms with E-state index in [1.54, 1.807) is 37.3 Å². The van der Waals surface area contributed by atoms with Crippen LogP contribution in [0.15, 0.2) is 30.3 Å². The second-order valence-electron chi connectivity index (χ2n) is 4.81. The minimum atomic E-state index is -0.481. The van der Waals surface area contributed by atoms with Gasteiger partial charge in [-0.25, -0.2) is 0 Å². The van der Waals surface area contributed by atoms with Crippen molar-refractivity contribution in [2.75, 3.05) is 0 Å². The third-order valence-electron chi connectivity index (χ3n) is 2.71. The van der Waals surface area contributed by atoms with Crippen molar-refractivity contribution in [1.82, 2.24) is 5.32 Å². The molecule has 0 aliphatic rings. The molecule has 0 spiro atoms. The minimum Gasteiger partial charge on any atom is -0.393 e. The Morgan fingerprint density at radius 2 is 1.90 bits per heavy atom. The lowest BCUT2D eigenvalue weighted by atomic mass is 10.1. The Hall–Kier alpha value is -2.14. The summed E-state index contributed by atoms with van der Waals surface area (Å²) < 4.78 is 0. The van der Waals surface area contributed by atoms with Gasteiger partial charge in [0.1, 0.15) is 0 Å². The number of hydrogen-bond acceptors (Lipinski definition) is 3. The summed E-state index contributed by atoms with van der Waals surface area (Å²) in [5.41, 5.74) is 6.37. The van der Waals surface area contributed by atoms with Gasteiger partial charge in [-0.05, 0) is 44.0 Å². The molecule has 0 aliphatic heterocycles. The zero-order valence-electron chi connectivity index (χ0n) is 11.7. The van der Waals surface area contributed by atoms with Gasteiger partial charge in [0, 0.05) is 17.7 Å². The number of benzene rings is 1. The first-order valence-corrected chi connectivity index (χ1v) is 6.45. The molecule has 2 unspecified atom stereocenters. The van der Waals surface area contributed by atoms with Gasteiger partial charge in [0.05, 0.1) is 6.10 Å². The first-order valence-electron chi connectivity index (χ1n) is 6.45. The van der Waals surface area contributed by atoms with Crippen molar-refractivity contribution in [3.05, 3.63) is 41.5 Å². The smallest absolute Gasteiger partial charge is 0.248 e. The Kier molecular flexibility index (Phi) is 5.93. The first-order chi connectivity index (χ1) is 9.38. The van der Waals surface area contributed by atoms with Crippen molar-refractivity contribution in [1.29, 1.82) is 0 Å². The molecule has 5 heteroatoms.